The van der Waals surface area contributed by atoms with E-state index in [2.05, 4.69) is 19.1 Å². The number of hydrogen-bond donors (Lipinski definition) is 0. The van der Waals surface area contributed by atoms with Gasteiger partial charge in [0.25, 0.3) is 0 Å². The third kappa shape index (κ3) is 3.50. The SMILES string of the molecule is CC1C=C2CCCCCCCCC/C=C\2C1. The molecule has 0 heteroatoms. The molecule has 1 unspecified atom stereocenters. The molecular weight excluding hydrogens is 192 g/mol. The van der Waals surface area contributed by atoms with Gasteiger partial charge in [-0.15, -0.1) is 0 Å². The highest BCUT2D eigenvalue weighted by atomic mass is 14.2. The summed E-state index contributed by atoms with van der Waals surface area (Å²) in [5, 5.41) is 0. The second-order valence-electron chi connectivity index (χ2n) is 5.62. The van der Waals surface area contributed by atoms with Crippen molar-refractivity contribution in [2.75, 3.05) is 0 Å². The third-order valence-corrected chi connectivity index (χ3v) is 3.98. The summed E-state index contributed by atoms with van der Waals surface area (Å²) in [6.45, 7) is 2.36. The van der Waals surface area contributed by atoms with Crippen molar-refractivity contribution < 1.29 is 0 Å². The van der Waals surface area contributed by atoms with Crippen molar-refractivity contribution in [3.8, 4) is 0 Å². The van der Waals surface area contributed by atoms with Crippen molar-refractivity contribution in [2.45, 2.75) is 71.1 Å². The van der Waals surface area contributed by atoms with Crippen LogP contribution in [0.2, 0.25) is 0 Å². The quantitative estimate of drug-likeness (QED) is 0.510. The van der Waals surface area contributed by atoms with Gasteiger partial charge in [0.2, 0.25) is 0 Å². The van der Waals surface area contributed by atoms with Crippen LogP contribution in [-0.4, -0.2) is 0 Å². The van der Waals surface area contributed by atoms with E-state index in [1.807, 2.05) is 0 Å². The summed E-state index contributed by atoms with van der Waals surface area (Å²) in [5.74, 6) is 0.798. The first-order valence-corrected chi connectivity index (χ1v) is 7.26. The van der Waals surface area contributed by atoms with Crippen molar-refractivity contribution in [1.29, 1.82) is 0 Å². The minimum Gasteiger partial charge on any atom is -0.0810 e. The zero-order valence-electron chi connectivity index (χ0n) is 10.8. The molecule has 0 aromatic carbocycles. The Morgan fingerprint density at radius 1 is 0.875 bits per heavy atom. The van der Waals surface area contributed by atoms with E-state index in [9.17, 15) is 0 Å². The van der Waals surface area contributed by atoms with Crippen LogP contribution in [-0.2, 0) is 0 Å². The molecule has 0 N–H and O–H groups in total. The van der Waals surface area contributed by atoms with E-state index >= 15 is 0 Å². The van der Waals surface area contributed by atoms with Crippen LogP contribution < -0.4 is 0 Å². The Hall–Kier alpha value is -0.520. The molecule has 0 radical (unpaired) electrons. The maximum absolute atomic E-state index is 2.54. The highest BCUT2D eigenvalue weighted by molar-refractivity contribution is 5.37. The van der Waals surface area contributed by atoms with E-state index in [1.165, 1.54) is 64.2 Å². The molecule has 0 nitrogen and oxygen atoms in total. The molecule has 0 aliphatic heterocycles. The van der Waals surface area contributed by atoms with Crippen LogP contribution in [0.15, 0.2) is 23.3 Å². The molecule has 2 rings (SSSR count). The minimum atomic E-state index is 0.798. The topological polar surface area (TPSA) is 0 Å². The number of rotatable bonds is 0. The molecule has 0 spiro atoms. The van der Waals surface area contributed by atoms with Crippen molar-refractivity contribution in [3.63, 3.8) is 0 Å². The fourth-order valence-corrected chi connectivity index (χ4v) is 3.07. The number of hydrogen-bond acceptors (Lipinski definition) is 0. The molecule has 2 aliphatic carbocycles. The van der Waals surface area contributed by atoms with Crippen LogP contribution in [0.5, 0.6) is 0 Å². The molecule has 0 aromatic rings. The number of fused-ring (bicyclic) bond motifs is 1. The lowest BCUT2D eigenvalue weighted by atomic mass is 9.98. The van der Waals surface area contributed by atoms with Gasteiger partial charge in [-0.1, -0.05) is 51.2 Å². The highest BCUT2D eigenvalue weighted by Crippen LogP contribution is 2.33. The van der Waals surface area contributed by atoms with E-state index < -0.39 is 0 Å². The average molecular weight is 218 g/mol. The molecule has 2 aliphatic rings. The molecule has 0 saturated carbocycles. The largest absolute Gasteiger partial charge is 0.0810 e. The van der Waals surface area contributed by atoms with Gasteiger partial charge < -0.3 is 0 Å². The fourth-order valence-electron chi connectivity index (χ4n) is 3.07. The van der Waals surface area contributed by atoms with Crippen LogP contribution >= 0.6 is 0 Å². The number of allylic oxidation sites excluding steroid dienone is 4. The summed E-state index contributed by atoms with van der Waals surface area (Å²) < 4.78 is 0. The second kappa shape index (κ2) is 6.27. The van der Waals surface area contributed by atoms with Crippen LogP contribution in [0, 0.1) is 5.92 Å². The molecular formula is C16H26. The van der Waals surface area contributed by atoms with E-state index in [0.717, 1.165) is 5.92 Å². The van der Waals surface area contributed by atoms with Crippen LogP contribution in [0.4, 0.5) is 0 Å². The molecule has 0 amide bonds. The van der Waals surface area contributed by atoms with E-state index in [1.54, 1.807) is 11.1 Å². The Labute approximate surface area is 101 Å². The first kappa shape index (κ1) is 12.0. The van der Waals surface area contributed by atoms with Gasteiger partial charge in [0, 0.05) is 0 Å². The van der Waals surface area contributed by atoms with Crippen LogP contribution in [0.25, 0.3) is 0 Å². The highest BCUT2D eigenvalue weighted by Gasteiger charge is 2.16. The Balaban J connectivity index is 1.97. The third-order valence-electron chi connectivity index (χ3n) is 3.98. The first-order valence-electron chi connectivity index (χ1n) is 7.26. The summed E-state index contributed by atoms with van der Waals surface area (Å²) in [6.07, 6.45) is 19.1. The van der Waals surface area contributed by atoms with Gasteiger partial charge in [-0.05, 0) is 49.2 Å². The maximum Gasteiger partial charge on any atom is -0.0216 e. The zero-order chi connectivity index (χ0) is 11.2. The van der Waals surface area contributed by atoms with Crippen molar-refractivity contribution >= 4 is 0 Å². The molecule has 0 heterocycles. The van der Waals surface area contributed by atoms with Gasteiger partial charge in [-0.3, -0.25) is 0 Å². The summed E-state index contributed by atoms with van der Waals surface area (Å²) in [7, 11) is 0. The Morgan fingerprint density at radius 2 is 1.56 bits per heavy atom. The van der Waals surface area contributed by atoms with Gasteiger partial charge >= 0.3 is 0 Å². The van der Waals surface area contributed by atoms with Gasteiger partial charge in [0.05, 0.1) is 0 Å². The molecule has 0 bridgehead atoms. The van der Waals surface area contributed by atoms with Crippen molar-refractivity contribution in [1.82, 2.24) is 0 Å². The molecule has 1 atom stereocenters. The zero-order valence-corrected chi connectivity index (χ0v) is 10.8. The van der Waals surface area contributed by atoms with E-state index in [0.29, 0.717) is 0 Å². The maximum atomic E-state index is 2.54. The normalized spacial score (nSPS) is 31.7. The molecule has 90 valence electrons. The minimum absolute atomic E-state index is 0.798. The van der Waals surface area contributed by atoms with Crippen LogP contribution in [0.1, 0.15) is 71.1 Å². The summed E-state index contributed by atoms with van der Waals surface area (Å²) >= 11 is 0. The summed E-state index contributed by atoms with van der Waals surface area (Å²) in [6, 6.07) is 0. The molecule has 0 saturated heterocycles. The van der Waals surface area contributed by atoms with E-state index in [4.69, 9.17) is 0 Å². The standard InChI is InChI=1S/C16H26/c1-14-12-15-10-8-6-4-2-3-5-7-9-11-16(15)13-14/h10,13-14H,2-9,11-12H2,1H3/b15-10-. The fraction of sp³-hybridized carbons (Fsp3) is 0.750. The predicted molar refractivity (Wildman–Crippen MR) is 71.5 cm³/mol. The predicted octanol–water partition coefficient (Wildman–Crippen LogP) is 5.40. The van der Waals surface area contributed by atoms with E-state index in [-0.39, 0.29) is 0 Å². The Kier molecular flexibility index (Phi) is 4.69. The molecule has 0 aromatic heterocycles. The lowest BCUT2D eigenvalue weighted by molar-refractivity contribution is 0.577. The van der Waals surface area contributed by atoms with Gasteiger partial charge in [-0.2, -0.15) is 0 Å². The van der Waals surface area contributed by atoms with Gasteiger partial charge in [-0.25, -0.2) is 0 Å². The van der Waals surface area contributed by atoms with Crippen LogP contribution in [0.3, 0.4) is 0 Å². The molecule has 16 heavy (non-hydrogen) atoms. The molecule has 0 fully saturated rings. The summed E-state index contributed by atoms with van der Waals surface area (Å²) in [5.41, 5.74) is 3.38. The second-order valence-corrected chi connectivity index (χ2v) is 5.62. The smallest absolute Gasteiger partial charge is 0.0216 e. The average Bonchev–Trinajstić information content (AvgIpc) is 2.59. The van der Waals surface area contributed by atoms with Gasteiger partial charge in [0.1, 0.15) is 0 Å². The lowest BCUT2D eigenvalue weighted by Gasteiger charge is -2.08. The van der Waals surface area contributed by atoms with Gasteiger partial charge in [0.15, 0.2) is 0 Å². The Bertz CT molecular complexity index is 270. The van der Waals surface area contributed by atoms with Crippen molar-refractivity contribution in [3.05, 3.63) is 23.3 Å². The summed E-state index contributed by atoms with van der Waals surface area (Å²) in [4.78, 5) is 0. The monoisotopic (exact) mass is 218 g/mol. The first-order chi connectivity index (χ1) is 7.86. The lowest BCUT2D eigenvalue weighted by Crippen LogP contribution is -1.89. The Morgan fingerprint density at radius 3 is 2.38 bits per heavy atom. The van der Waals surface area contributed by atoms with Crippen molar-refractivity contribution in [2.24, 2.45) is 5.92 Å².